The molecule has 0 radical (unpaired) electrons. The first-order valence-corrected chi connectivity index (χ1v) is 3.37. The summed E-state index contributed by atoms with van der Waals surface area (Å²) in [6, 6.07) is 0. The minimum atomic E-state index is -1.49. The number of aliphatic carboxylic acids is 1. The maximum atomic E-state index is 10.0. The molecular formula is C6H13NO4. The zero-order valence-electron chi connectivity index (χ0n) is 6.10. The number of hydrogen-bond donors (Lipinski definition) is 4. The fourth-order valence-electron chi connectivity index (χ4n) is 0.669. The Kier molecular flexibility index (Phi) is 4.76. The lowest BCUT2D eigenvalue weighted by Gasteiger charge is -2.10. The topological polar surface area (TPSA) is 104 Å². The second kappa shape index (κ2) is 5.06. The van der Waals surface area contributed by atoms with E-state index in [1.54, 1.807) is 0 Å². The summed E-state index contributed by atoms with van der Waals surface area (Å²) >= 11 is 0. The summed E-state index contributed by atoms with van der Waals surface area (Å²) in [5.74, 6) is -1.32. The van der Waals surface area contributed by atoms with Gasteiger partial charge in [0, 0.05) is 6.42 Å². The minimum absolute atomic E-state index is 0.160. The van der Waals surface area contributed by atoms with Crippen LogP contribution in [0.4, 0.5) is 0 Å². The molecule has 5 heteroatoms. The van der Waals surface area contributed by atoms with Gasteiger partial charge in [0.2, 0.25) is 0 Å². The summed E-state index contributed by atoms with van der Waals surface area (Å²) in [6.45, 7) is 0.285. The van der Waals surface area contributed by atoms with Crippen molar-refractivity contribution in [1.82, 2.24) is 0 Å². The first-order valence-electron chi connectivity index (χ1n) is 3.37. The number of nitrogens with two attached hydrogens (primary N) is 1. The largest absolute Gasteiger partial charge is 0.479 e. The van der Waals surface area contributed by atoms with Gasteiger partial charge in [-0.2, -0.15) is 0 Å². The Balaban J connectivity index is 3.56. The standard InChI is InChI=1S/C6H13NO4/c7-2-1-4(8)3-5(9)6(10)11/h4-5,8-9H,1-3,7H2,(H,10,11). The molecule has 0 aliphatic heterocycles. The van der Waals surface area contributed by atoms with Crippen molar-refractivity contribution in [3.63, 3.8) is 0 Å². The van der Waals surface area contributed by atoms with E-state index in [2.05, 4.69) is 0 Å². The van der Waals surface area contributed by atoms with Crippen LogP contribution in [-0.4, -0.2) is 40.0 Å². The van der Waals surface area contributed by atoms with Crippen molar-refractivity contribution in [2.45, 2.75) is 25.0 Å². The molecule has 2 atom stereocenters. The van der Waals surface area contributed by atoms with Gasteiger partial charge in [-0.3, -0.25) is 0 Å². The van der Waals surface area contributed by atoms with Gasteiger partial charge in [-0.1, -0.05) is 0 Å². The van der Waals surface area contributed by atoms with Gasteiger partial charge in [0.05, 0.1) is 6.10 Å². The van der Waals surface area contributed by atoms with Crippen LogP contribution in [0.5, 0.6) is 0 Å². The molecule has 0 saturated heterocycles. The quantitative estimate of drug-likeness (QED) is 0.396. The Morgan fingerprint density at radius 2 is 2.00 bits per heavy atom. The van der Waals surface area contributed by atoms with E-state index in [4.69, 9.17) is 21.1 Å². The average molecular weight is 163 g/mol. The molecule has 0 rings (SSSR count). The van der Waals surface area contributed by atoms with Crippen molar-refractivity contribution in [1.29, 1.82) is 0 Å². The molecule has 5 N–H and O–H groups in total. The molecule has 0 spiro atoms. The molecule has 0 saturated carbocycles. The summed E-state index contributed by atoms with van der Waals surface area (Å²) in [5.41, 5.74) is 5.09. The molecule has 0 aliphatic rings. The molecule has 0 bridgehead atoms. The van der Waals surface area contributed by atoms with E-state index in [0.29, 0.717) is 6.42 Å². The minimum Gasteiger partial charge on any atom is -0.479 e. The van der Waals surface area contributed by atoms with Crippen LogP contribution in [-0.2, 0) is 4.79 Å². The molecule has 0 heterocycles. The lowest BCUT2D eigenvalue weighted by molar-refractivity contribution is -0.148. The van der Waals surface area contributed by atoms with Crippen molar-refractivity contribution in [3.8, 4) is 0 Å². The molecule has 66 valence electrons. The lowest BCUT2D eigenvalue weighted by Crippen LogP contribution is -2.26. The summed E-state index contributed by atoms with van der Waals surface area (Å²) in [4.78, 5) is 10.0. The Bertz CT molecular complexity index is 128. The molecule has 0 aromatic heterocycles. The van der Waals surface area contributed by atoms with Gasteiger partial charge in [-0.05, 0) is 13.0 Å². The molecule has 5 nitrogen and oxygen atoms in total. The molecule has 2 unspecified atom stereocenters. The van der Waals surface area contributed by atoms with Gasteiger partial charge < -0.3 is 21.1 Å². The van der Waals surface area contributed by atoms with Crippen LogP contribution in [0.25, 0.3) is 0 Å². The summed E-state index contributed by atoms with van der Waals surface area (Å²) < 4.78 is 0. The zero-order chi connectivity index (χ0) is 8.85. The van der Waals surface area contributed by atoms with Crippen molar-refractivity contribution < 1.29 is 20.1 Å². The first-order chi connectivity index (χ1) is 5.07. The maximum Gasteiger partial charge on any atom is 0.332 e. The number of carboxylic acids is 1. The summed E-state index contributed by atoms with van der Waals surface area (Å²) in [5, 5.41) is 25.9. The molecule has 0 aromatic rings. The lowest BCUT2D eigenvalue weighted by atomic mass is 10.1. The number of aliphatic hydroxyl groups excluding tert-OH is 2. The van der Waals surface area contributed by atoms with Crippen molar-refractivity contribution >= 4 is 5.97 Å². The molecule has 0 aliphatic carbocycles. The Hall–Kier alpha value is -0.650. The monoisotopic (exact) mass is 163 g/mol. The number of rotatable bonds is 5. The SMILES string of the molecule is NCCC(O)CC(O)C(=O)O. The van der Waals surface area contributed by atoms with Crippen LogP contribution in [0.2, 0.25) is 0 Å². The highest BCUT2D eigenvalue weighted by molar-refractivity contribution is 5.71. The number of carboxylic acid groups (broad SMARTS) is 1. The number of hydrogen-bond acceptors (Lipinski definition) is 4. The van der Waals surface area contributed by atoms with E-state index in [0.717, 1.165) is 0 Å². The highest BCUT2D eigenvalue weighted by Crippen LogP contribution is 2.01. The van der Waals surface area contributed by atoms with Crippen LogP contribution >= 0.6 is 0 Å². The van der Waals surface area contributed by atoms with E-state index in [1.165, 1.54) is 0 Å². The van der Waals surface area contributed by atoms with Crippen LogP contribution < -0.4 is 5.73 Å². The van der Waals surface area contributed by atoms with Gasteiger partial charge in [0.1, 0.15) is 0 Å². The van der Waals surface area contributed by atoms with Gasteiger partial charge >= 0.3 is 5.97 Å². The van der Waals surface area contributed by atoms with Gasteiger partial charge in [0.15, 0.2) is 6.10 Å². The third kappa shape index (κ3) is 4.72. The molecule has 0 fully saturated rings. The second-order valence-corrected chi connectivity index (χ2v) is 2.32. The van der Waals surface area contributed by atoms with Crippen LogP contribution in [0.15, 0.2) is 0 Å². The maximum absolute atomic E-state index is 10.0. The third-order valence-corrected chi connectivity index (χ3v) is 1.28. The number of carbonyl (C=O) groups is 1. The van der Waals surface area contributed by atoms with Gasteiger partial charge in [-0.25, -0.2) is 4.79 Å². The summed E-state index contributed by atoms with van der Waals surface area (Å²) in [7, 11) is 0. The highest BCUT2D eigenvalue weighted by atomic mass is 16.4. The van der Waals surface area contributed by atoms with E-state index in [9.17, 15) is 4.79 Å². The van der Waals surface area contributed by atoms with Crippen LogP contribution in [0.3, 0.4) is 0 Å². The predicted octanol–water partition coefficient (Wildman–Crippen LogP) is -1.47. The normalized spacial score (nSPS) is 15.9. The summed E-state index contributed by atoms with van der Waals surface area (Å²) in [6.07, 6.45) is -2.17. The predicted molar refractivity (Wildman–Crippen MR) is 37.9 cm³/mol. The highest BCUT2D eigenvalue weighted by Gasteiger charge is 2.17. The van der Waals surface area contributed by atoms with Crippen molar-refractivity contribution in [2.75, 3.05) is 6.54 Å². The zero-order valence-corrected chi connectivity index (χ0v) is 6.10. The molecular weight excluding hydrogens is 150 g/mol. The molecule has 11 heavy (non-hydrogen) atoms. The first kappa shape index (κ1) is 10.3. The third-order valence-electron chi connectivity index (χ3n) is 1.28. The van der Waals surface area contributed by atoms with Crippen molar-refractivity contribution in [2.24, 2.45) is 5.73 Å². The van der Waals surface area contributed by atoms with Gasteiger partial charge in [0.25, 0.3) is 0 Å². The Morgan fingerprint density at radius 3 is 2.36 bits per heavy atom. The van der Waals surface area contributed by atoms with E-state index >= 15 is 0 Å². The fourth-order valence-corrected chi connectivity index (χ4v) is 0.669. The Morgan fingerprint density at radius 1 is 1.45 bits per heavy atom. The van der Waals surface area contributed by atoms with Gasteiger partial charge in [-0.15, -0.1) is 0 Å². The number of aliphatic hydroxyl groups is 2. The van der Waals surface area contributed by atoms with Crippen molar-refractivity contribution in [3.05, 3.63) is 0 Å². The molecule has 0 aromatic carbocycles. The average Bonchev–Trinajstić information content (AvgIpc) is 1.87. The van der Waals surface area contributed by atoms with E-state index in [-0.39, 0.29) is 13.0 Å². The smallest absolute Gasteiger partial charge is 0.332 e. The van der Waals surface area contributed by atoms with Crippen LogP contribution in [0, 0.1) is 0 Å². The fraction of sp³-hybridized carbons (Fsp3) is 0.833. The van der Waals surface area contributed by atoms with E-state index < -0.39 is 18.2 Å². The second-order valence-electron chi connectivity index (χ2n) is 2.32. The van der Waals surface area contributed by atoms with Crippen LogP contribution in [0.1, 0.15) is 12.8 Å². The Labute approximate surface area is 64.4 Å². The van der Waals surface area contributed by atoms with E-state index in [1.807, 2.05) is 0 Å². The molecule has 0 amide bonds.